The molecule has 0 amide bonds. The fourth-order valence-electron chi connectivity index (χ4n) is 0.936. The first-order valence-corrected chi connectivity index (χ1v) is 4.15. The van der Waals surface area contributed by atoms with Gasteiger partial charge in [-0.2, -0.15) is 5.26 Å². The molecule has 0 atom stereocenters. The van der Waals surface area contributed by atoms with Gasteiger partial charge >= 0.3 is 0 Å². The predicted octanol–water partition coefficient (Wildman–Crippen LogP) is 2.21. The molecule has 14 heavy (non-hydrogen) atoms. The molecule has 0 aliphatic rings. The maximum Gasteiger partial charge on any atom is 0.188 e. The highest BCUT2D eigenvalue weighted by atomic mass is 16.7. The Kier molecular flexibility index (Phi) is 4.25. The molecule has 1 aromatic rings. The van der Waals surface area contributed by atoms with Crippen molar-refractivity contribution < 1.29 is 9.47 Å². The van der Waals surface area contributed by atoms with Crippen LogP contribution >= 0.6 is 0 Å². The van der Waals surface area contributed by atoms with Gasteiger partial charge in [0.25, 0.3) is 0 Å². The SMILES string of the molecule is COCOc1ccc(/C=C/C#N)cc1. The van der Waals surface area contributed by atoms with Gasteiger partial charge in [-0.25, -0.2) is 0 Å². The Balaban J connectivity index is 2.60. The standard InChI is InChI=1S/C11H11NO2/c1-13-9-14-11-6-4-10(5-7-11)3-2-8-12/h2-7H,9H2,1H3/b3-2+. The van der Waals surface area contributed by atoms with Crippen LogP contribution in [0, 0.1) is 11.3 Å². The molecule has 0 aliphatic carbocycles. The fourth-order valence-corrected chi connectivity index (χ4v) is 0.936. The van der Waals surface area contributed by atoms with Gasteiger partial charge in [0.1, 0.15) is 5.75 Å². The predicted molar refractivity (Wildman–Crippen MR) is 53.6 cm³/mol. The topological polar surface area (TPSA) is 42.2 Å². The number of rotatable bonds is 4. The molecule has 0 aliphatic heterocycles. The van der Waals surface area contributed by atoms with Gasteiger partial charge in [0, 0.05) is 13.2 Å². The quantitative estimate of drug-likeness (QED) is 0.538. The third-order valence-electron chi connectivity index (χ3n) is 1.57. The van der Waals surface area contributed by atoms with Crippen molar-refractivity contribution >= 4 is 6.08 Å². The summed E-state index contributed by atoms with van der Waals surface area (Å²) in [7, 11) is 1.57. The minimum absolute atomic E-state index is 0.243. The number of nitrogens with zero attached hydrogens (tertiary/aromatic N) is 1. The first kappa shape index (κ1) is 10.3. The minimum Gasteiger partial charge on any atom is -0.468 e. The molecule has 0 N–H and O–H groups in total. The summed E-state index contributed by atoms with van der Waals surface area (Å²) in [4.78, 5) is 0. The average molecular weight is 189 g/mol. The van der Waals surface area contributed by atoms with E-state index in [-0.39, 0.29) is 6.79 Å². The summed E-state index contributed by atoms with van der Waals surface area (Å²) in [5.41, 5.74) is 0.969. The molecule has 0 fully saturated rings. The Morgan fingerprint density at radius 2 is 2.07 bits per heavy atom. The summed E-state index contributed by atoms with van der Waals surface area (Å²) in [6.07, 6.45) is 3.17. The Morgan fingerprint density at radius 1 is 1.36 bits per heavy atom. The van der Waals surface area contributed by atoms with Crippen molar-refractivity contribution in [2.24, 2.45) is 0 Å². The van der Waals surface area contributed by atoms with Crippen molar-refractivity contribution in [3.63, 3.8) is 0 Å². The fraction of sp³-hybridized carbons (Fsp3) is 0.182. The van der Waals surface area contributed by atoms with Gasteiger partial charge in [0.2, 0.25) is 0 Å². The monoisotopic (exact) mass is 189 g/mol. The summed E-state index contributed by atoms with van der Waals surface area (Å²) >= 11 is 0. The Bertz CT molecular complexity index is 335. The summed E-state index contributed by atoms with van der Waals surface area (Å²) in [6.45, 7) is 0.243. The smallest absolute Gasteiger partial charge is 0.188 e. The first-order valence-electron chi connectivity index (χ1n) is 4.15. The van der Waals surface area contributed by atoms with Gasteiger partial charge < -0.3 is 9.47 Å². The van der Waals surface area contributed by atoms with Crippen molar-refractivity contribution in [2.75, 3.05) is 13.9 Å². The Morgan fingerprint density at radius 3 is 2.64 bits per heavy atom. The largest absolute Gasteiger partial charge is 0.468 e. The molecule has 0 radical (unpaired) electrons. The van der Waals surface area contributed by atoms with Gasteiger partial charge in [0.05, 0.1) is 6.07 Å². The Hall–Kier alpha value is -1.79. The number of allylic oxidation sites excluding steroid dienone is 1. The van der Waals surface area contributed by atoms with Crippen LogP contribution < -0.4 is 4.74 Å². The third kappa shape index (κ3) is 3.30. The third-order valence-corrected chi connectivity index (χ3v) is 1.57. The minimum atomic E-state index is 0.243. The molecule has 72 valence electrons. The number of hydrogen-bond acceptors (Lipinski definition) is 3. The van der Waals surface area contributed by atoms with E-state index in [0.717, 1.165) is 11.3 Å². The number of nitriles is 1. The lowest BCUT2D eigenvalue weighted by Crippen LogP contribution is -1.98. The molecule has 0 spiro atoms. The summed E-state index contributed by atoms with van der Waals surface area (Å²) in [5.74, 6) is 0.751. The first-order chi connectivity index (χ1) is 6.86. The molecule has 0 heterocycles. The van der Waals surface area contributed by atoms with Gasteiger partial charge in [-0.3, -0.25) is 0 Å². The highest BCUT2D eigenvalue weighted by Crippen LogP contribution is 2.12. The van der Waals surface area contributed by atoms with E-state index < -0.39 is 0 Å². The van der Waals surface area contributed by atoms with Crippen molar-refractivity contribution in [1.82, 2.24) is 0 Å². The van der Waals surface area contributed by atoms with Crippen LogP contribution in [-0.2, 0) is 4.74 Å². The zero-order chi connectivity index (χ0) is 10.2. The van der Waals surface area contributed by atoms with Crippen LogP contribution in [0.15, 0.2) is 30.3 Å². The lowest BCUT2D eigenvalue weighted by Gasteiger charge is -2.03. The van der Waals surface area contributed by atoms with Crippen LogP contribution in [0.4, 0.5) is 0 Å². The zero-order valence-corrected chi connectivity index (χ0v) is 7.93. The average Bonchev–Trinajstić information content (AvgIpc) is 2.25. The van der Waals surface area contributed by atoms with E-state index in [1.807, 2.05) is 30.3 Å². The number of methoxy groups -OCH3 is 1. The second-order valence-corrected chi connectivity index (χ2v) is 2.58. The molecule has 0 saturated heterocycles. The van der Waals surface area contributed by atoms with E-state index in [1.54, 1.807) is 13.2 Å². The van der Waals surface area contributed by atoms with E-state index in [2.05, 4.69) is 0 Å². The summed E-state index contributed by atoms with van der Waals surface area (Å²) < 4.78 is 9.96. The van der Waals surface area contributed by atoms with Crippen LogP contribution in [0.3, 0.4) is 0 Å². The van der Waals surface area contributed by atoms with E-state index in [1.165, 1.54) is 6.08 Å². The van der Waals surface area contributed by atoms with Crippen LogP contribution in [0.5, 0.6) is 5.75 Å². The molecule has 3 heteroatoms. The lowest BCUT2D eigenvalue weighted by molar-refractivity contribution is 0.0511. The van der Waals surface area contributed by atoms with Crippen LogP contribution in [0.1, 0.15) is 5.56 Å². The van der Waals surface area contributed by atoms with Crippen molar-refractivity contribution in [3.8, 4) is 11.8 Å². The second kappa shape index (κ2) is 5.79. The molecule has 1 aromatic carbocycles. The van der Waals surface area contributed by atoms with E-state index in [4.69, 9.17) is 14.7 Å². The van der Waals surface area contributed by atoms with Crippen LogP contribution in [0.2, 0.25) is 0 Å². The van der Waals surface area contributed by atoms with E-state index >= 15 is 0 Å². The van der Waals surface area contributed by atoms with Crippen molar-refractivity contribution in [3.05, 3.63) is 35.9 Å². The van der Waals surface area contributed by atoms with Crippen molar-refractivity contribution in [2.45, 2.75) is 0 Å². The number of benzene rings is 1. The normalized spacial score (nSPS) is 10.0. The molecule has 0 aromatic heterocycles. The van der Waals surface area contributed by atoms with Gasteiger partial charge in [-0.1, -0.05) is 12.1 Å². The summed E-state index contributed by atoms with van der Waals surface area (Å²) in [6, 6.07) is 9.34. The molecule has 0 bridgehead atoms. The zero-order valence-electron chi connectivity index (χ0n) is 7.93. The van der Waals surface area contributed by atoms with E-state index in [9.17, 15) is 0 Å². The molecular weight excluding hydrogens is 178 g/mol. The highest BCUT2D eigenvalue weighted by molar-refractivity contribution is 5.52. The molecule has 3 nitrogen and oxygen atoms in total. The maximum atomic E-state index is 8.32. The number of hydrogen-bond donors (Lipinski definition) is 0. The highest BCUT2D eigenvalue weighted by Gasteiger charge is 1.91. The molecule has 0 unspecified atom stereocenters. The molecule has 0 saturated carbocycles. The Labute approximate surface area is 83.2 Å². The van der Waals surface area contributed by atoms with Gasteiger partial charge in [-0.05, 0) is 23.8 Å². The lowest BCUT2D eigenvalue weighted by atomic mass is 10.2. The van der Waals surface area contributed by atoms with Gasteiger partial charge in [-0.15, -0.1) is 0 Å². The number of ether oxygens (including phenoxy) is 2. The molecular formula is C11H11NO2. The van der Waals surface area contributed by atoms with Crippen LogP contribution in [-0.4, -0.2) is 13.9 Å². The van der Waals surface area contributed by atoms with Crippen LogP contribution in [0.25, 0.3) is 6.08 Å². The maximum absolute atomic E-state index is 8.32. The second-order valence-electron chi connectivity index (χ2n) is 2.58. The van der Waals surface area contributed by atoms with E-state index in [0.29, 0.717) is 0 Å². The van der Waals surface area contributed by atoms with Gasteiger partial charge in [0.15, 0.2) is 6.79 Å². The summed E-state index contributed by atoms with van der Waals surface area (Å²) in [5, 5.41) is 8.32. The van der Waals surface area contributed by atoms with Crippen molar-refractivity contribution in [1.29, 1.82) is 5.26 Å². The molecule has 1 rings (SSSR count).